The third kappa shape index (κ3) is 2.18. The van der Waals surface area contributed by atoms with E-state index in [1.54, 1.807) is 12.1 Å². The first-order valence-electron chi connectivity index (χ1n) is 6.80. The van der Waals surface area contributed by atoms with Gasteiger partial charge in [0, 0.05) is 5.92 Å². The van der Waals surface area contributed by atoms with Crippen molar-refractivity contribution in [3.05, 3.63) is 65.0 Å². The zero-order valence-corrected chi connectivity index (χ0v) is 11.3. The molecular formula is C17H17FO2. The quantitative estimate of drug-likeness (QED) is 0.925. The van der Waals surface area contributed by atoms with E-state index in [4.69, 9.17) is 4.74 Å². The monoisotopic (exact) mass is 272 g/mol. The third-order valence-electron chi connectivity index (χ3n) is 4.08. The van der Waals surface area contributed by atoms with Crippen LogP contribution in [0.2, 0.25) is 0 Å². The molecule has 0 saturated carbocycles. The van der Waals surface area contributed by atoms with E-state index in [0.717, 1.165) is 12.8 Å². The molecule has 1 N–H and O–H groups in total. The molecule has 1 aliphatic rings. The number of aliphatic hydroxyl groups is 1. The summed E-state index contributed by atoms with van der Waals surface area (Å²) in [5.74, 6) is -0.193. The van der Waals surface area contributed by atoms with Crippen molar-refractivity contribution in [2.75, 3.05) is 7.11 Å². The summed E-state index contributed by atoms with van der Waals surface area (Å²) in [5, 5.41) is 10.5. The maximum absolute atomic E-state index is 13.8. The van der Waals surface area contributed by atoms with Gasteiger partial charge < -0.3 is 9.84 Å². The van der Waals surface area contributed by atoms with Gasteiger partial charge in [0.25, 0.3) is 0 Å². The highest BCUT2D eigenvalue weighted by molar-refractivity contribution is 5.38. The fourth-order valence-corrected chi connectivity index (χ4v) is 3.02. The van der Waals surface area contributed by atoms with Crippen molar-refractivity contribution in [2.24, 2.45) is 0 Å². The van der Waals surface area contributed by atoms with Crippen LogP contribution < -0.4 is 4.74 Å². The molecule has 0 heterocycles. The van der Waals surface area contributed by atoms with Gasteiger partial charge in [0.15, 0.2) is 11.6 Å². The molecule has 2 nitrogen and oxygen atoms in total. The number of ether oxygens (including phenoxy) is 1. The van der Waals surface area contributed by atoms with E-state index in [2.05, 4.69) is 12.1 Å². The molecule has 2 aromatic carbocycles. The first-order valence-corrected chi connectivity index (χ1v) is 6.80. The van der Waals surface area contributed by atoms with Crippen LogP contribution >= 0.6 is 0 Å². The number of methoxy groups -OCH3 is 1. The normalized spacial score (nSPS) is 18.6. The largest absolute Gasteiger partial charge is 0.494 e. The van der Waals surface area contributed by atoms with Crippen molar-refractivity contribution < 1.29 is 14.2 Å². The second-order valence-corrected chi connectivity index (χ2v) is 5.18. The van der Waals surface area contributed by atoms with E-state index >= 15 is 0 Å². The first kappa shape index (κ1) is 13.1. The van der Waals surface area contributed by atoms with E-state index in [0.29, 0.717) is 5.56 Å². The number of hydrogen-bond donors (Lipinski definition) is 1. The molecule has 0 bridgehead atoms. The van der Waals surface area contributed by atoms with Crippen LogP contribution in [0.15, 0.2) is 42.5 Å². The van der Waals surface area contributed by atoms with Crippen molar-refractivity contribution >= 4 is 0 Å². The molecule has 0 radical (unpaired) electrons. The molecule has 2 atom stereocenters. The van der Waals surface area contributed by atoms with Gasteiger partial charge in [0.2, 0.25) is 0 Å². The molecule has 0 aromatic heterocycles. The average molecular weight is 272 g/mol. The van der Waals surface area contributed by atoms with Crippen LogP contribution in [0.4, 0.5) is 4.39 Å². The summed E-state index contributed by atoms with van der Waals surface area (Å²) < 4.78 is 18.7. The summed E-state index contributed by atoms with van der Waals surface area (Å²) in [4.78, 5) is 0. The second-order valence-electron chi connectivity index (χ2n) is 5.18. The standard InChI is InChI=1S/C17H17FO2/c1-20-16-9-7-12(10-15(16)18)17(19)14-8-6-11-4-2-3-5-13(11)14/h2-5,7,9-10,14,17,19H,6,8H2,1H3. The van der Waals surface area contributed by atoms with Gasteiger partial charge in [0.05, 0.1) is 13.2 Å². The number of fused-ring (bicyclic) bond motifs is 1. The highest BCUT2D eigenvalue weighted by atomic mass is 19.1. The Balaban J connectivity index is 1.90. The molecule has 2 unspecified atom stereocenters. The zero-order chi connectivity index (χ0) is 14.1. The summed E-state index contributed by atoms with van der Waals surface area (Å²) in [7, 11) is 1.43. The number of benzene rings is 2. The molecule has 0 spiro atoms. The lowest BCUT2D eigenvalue weighted by atomic mass is 9.90. The lowest BCUT2D eigenvalue weighted by molar-refractivity contribution is 0.144. The number of aliphatic hydroxyl groups excluding tert-OH is 1. The third-order valence-corrected chi connectivity index (χ3v) is 4.08. The second kappa shape index (κ2) is 5.25. The van der Waals surface area contributed by atoms with Crippen molar-refractivity contribution in [3.8, 4) is 5.75 Å². The Hall–Kier alpha value is -1.87. The highest BCUT2D eigenvalue weighted by Crippen LogP contribution is 2.41. The SMILES string of the molecule is COc1ccc(C(O)C2CCc3ccccc32)cc1F. The Labute approximate surface area is 117 Å². The van der Waals surface area contributed by atoms with E-state index in [9.17, 15) is 9.50 Å². The molecule has 0 fully saturated rings. The average Bonchev–Trinajstić information content (AvgIpc) is 2.90. The van der Waals surface area contributed by atoms with Gasteiger partial charge in [-0.3, -0.25) is 0 Å². The van der Waals surface area contributed by atoms with Crippen LogP contribution in [0.3, 0.4) is 0 Å². The van der Waals surface area contributed by atoms with Crippen LogP contribution in [0.1, 0.15) is 35.1 Å². The minimum absolute atomic E-state index is 0.0407. The van der Waals surface area contributed by atoms with Gasteiger partial charge in [-0.25, -0.2) is 4.39 Å². The Morgan fingerprint density at radius 3 is 2.80 bits per heavy atom. The molecular weight excluding hydrogens is 255 g/mol. The van der Waals surface area contributed by atoms with Gasteiger partial charge in [-0.15, -0.1) is 0 Å². The Morgan fingerprint density at radius 1 is 1.25 bits per heavy atom. The Bertz CT molecular complexity index is 624. The van der Waals surface area contributed by atoms with E-state index in [-0.39, 0.29) is 11.7 Å². The van der Waals surface area contributed by atoms with Crippen LogP contribution in [0, 0.1) is 5.82 Å². The van der Waals surface area contributed by atoms with Crippen molar-refractivity contribution in [2.45, 2.75) is 24.9 Å². The van der Waals surface area contributed by atoms with Gasteiger partial charge in [-0.2, -0.15) is 0 Å². The van der Waals surface area contributed by atoms with Gasteiger partial charge in [-0.1, -0.05) is 30.3 Å². The maximum Gasteiger partial charge on any atom is 0.165 e. The smallest absolute Gasteiger partial charge is 0.165 e. The van der Waals surface area contributed by atoms with Crippen LogP contribution in [0.25, 0.3) is 0 Å². The zero-order valence-electron chi connectivity index (χ0n) is 11.3. The number of rotatable bonds is 3. The Morgan fingerprint density at radius 2 is 2.05 bits per heavy atom. The van der Waals surface area contributed by atoms with Gasteiger partial charge in [0.1, 0.15) is 0 Å². The maximum atomic E-state index is 13.8. The predicted octanol–water partition coefficient (Wildman–Crippen LogP) is 3.60. The summed E-state index contributed by atoms with van der Waals surface area (Å²) >= 11 is 0. The minimum Gasteiger partial charge on any atom is -0.494 e. The summed E-state index contributed by atoms with van der Waals surface area (Å²) in [6.45, 7) is 0. The fraction of sp³-hybridized carbons (Fsp3) is 0.294. The summed E-state index contributed by atoms with van der Waals surface area (Å²) in [6.07, 6.45) is 1.18. The van der Waals surface area contributed by atoms with Crippen molar-refractivity contribution in [1.82, 2.24) is 0 Å². The number of hydrogen-bond acceptors (Lipinski definition) is 2. The van der Waals surface area contributed by atoms with E-state index in [1.807, 2.05) is 12.1 Å². The molecule has 3 heteroatoms. The molecule has 1 aliphatic carbocycles. The molecule has 0 amide bonds. The molecule has 3 rings (SSSR count). The Kier molecular flexibility index (Phi) is 3.45. The molecule has 20 heavy (non-hydrogen) atoms. The van der Waals surface area contributed by atoms with Crippen LogP contribution in [0.5, 0.6) is 5.75 Å². The topological polar surface area (TPSA) is 29.5 Å². The van der Waals surface area contributed by atoms with Crippen molar-refractivity contribution in [3.63, 3.8) is 0 Å². The lowest BCUT2D eigenvalue weighted by Crippen LogP contribution is -2.08. The fourth-order valence-electron chi connectivity index (χ4n) is 3.02. The molecule has 2 aromatic rings. The molecule has 104 valence electrons. The predicted molar refractivity (Wildman–Crippen MR) is 75.4 cm³/mol. The molecule has 0 aliphatic heterocycles. The van der Waals surface area contributed by atoms with Crippen molar-refractivity contribution in [1.29, 1.82) is 0 Å². The first-order chi connectivity index (χ1) is 9.70. The van der Waals surface area contributed by atoms with Gasteiger partial charge >= 0.3 is 0 Å². The minimum atomic E-state index is -0.681. The van der Waals surface area contributed by atoms with Crippen LogP contribution in [-0.2, 0) is 6.42 Å². The molecule has 0 saturated heterocycles. The lowest BCUT2D eigenvalue weighted by Gasteiger charge is -2.20. The van der Waals surface area contributed by atoms with E-state index < -0.39 is 11.9 Å². The van der Waals surface area contributed by atoms with Crippen LogP contribution in [-0.4, -0.2) is 12.2 Å². The summed E-state index contributed by atoms with van der Waals surface area (Å²) in [6, 6.07) is 12.8. The number of aryl methyl sites for hydroxylation is 1. The summed E-state index contributed by atoms with van der Waals surface area (Å²) in [5.41, 5.74) is 3.06. The highest BCUT2D eigenvalue weighted by Gasteiger charge is 2.29. The van der Waals surface area contributed by atoms with Gasteiger partial charge in [-0.05, 0) is 41.7 Å². The number of halogens is 1. The van der Waals surface area contributed by atoms with E-state index in [1.165, 1.54) is 24.3 Å².